The van der Waals surface area contributed by atoms with Gasteiger partial charge in [-0.2, -0.15) is 0 Å². The molecular formula is C13H23NO2. The van der Waals surface area contributed by atoms with Crippen LogP contribution in [0.2, 0.25) is 0 Å². The number of fused-ring (bicyclic) bond motifs is 3. The van der Waals surface area contributed by atoms with Crippen LogP contribution in [-0.2, 0) is 9.47 Å². The highest BCUT2D eigenvalue weighted by Crippen LogP contribution is 2.62. The summed E-state index contributed by atoms with van der Waals surface area (Å²) in [4.78, 5) is 0. The van der Waals surface area contributed by atoms with Crippen molar-refractivity contribution in [2.75, 3.05) is 14.2 Å². The molecule has 3 nitrogen and oxygen atoms in total. The van der Waals surface area contributed by atoms with Crippen LogP contribution in [0.1, 0.15) is 32.1 Å². The zero-order chi connectivity index (χ0) is 11.3. The highest BCUT2D eigenvalue weighted by Gasteiger charge is 2.61. The SMILES string of the molecule is COC1CC2(C[C@@H]1OC)C1CCC(C1)[C@@H]2N. The number of ether oxygens (including phenoxy) is 2. The van der Waals surface area contributed by atoms with Gasteiger partial charge in [-0.1, -0.05) is 0 Å². The highest BCUT2D eigenvalue weighted by atomic mass is 16.5. The zero-order valence-corrected chi connectivity index (χ0v) is 10.3. The van der Waals surface area contributed by atoms with E-state index in [1.165, 1.54) is 19.3 Å². The summed E-state index contributed by atoms with van der Waals surface area (Å²) >= 11 is 0. The summed E-state index contributed by atoms with van der Waals surface area (Å²) in [7, 11) is 3.60. The second-order valence-electron chi connectivity index (χ2n) is 5.99. The smallest absolute Gasteiger partial charge is 0.0838 e. The first-order valence-electron chi connectivity index (χ1n) is 6.52. The van der Waals surface area contributed by atoms with E-state index in [-0.39, 0.29) is 12.2 Å². The fourth-order valence-corrected chi connectivity index (χ4v) is 4.78. The number of nitrogens with two attached hydrogens (primary N) is 1. The molecule has 3 heteroatoms. The summed E-state index contributed by atoms with van der Waals surface area (Å²) in [5, 5.41) is 0. The van der Waals surface area contributed by atoms with Crippen LogP contribution < -0.4 is 5.73 Å². The van der Waals surface area contributed by atoms with E-state index >= 15 is 0 Å². The van der Waals surface area contributed by atoms with Crippen molar-refractivity contribution in [2.45, 2.75) is 50.4 Å². The second kappa shape index (κ2) is 3.69. The summed E-state index contributed by atoms with van der Waals surface area (Å²) in [5.74, 6) is 1.61. The third kappa shape index (κ3) is 1.25. The Morgan fingerprint density at radius 1 is 1.06 bits per heavy atom. The minimum Gasteiger partial charge on any atom is -0.379 e. The third-order valence-electron chi connectivity index (χ3n) is 5.64. The Morgan fingerprint density at radius 3 is 2.12 bits per heavy atom. The van der Waals surface area contributed by atoms with Crippen molar-refractivity contribution in [1.82, 2.24) is 0 Å². The van der Waals surface area contributed by atoms with Gasteiger partial charge in [0.05, 0.1) is 12.2 Å². The summed E-state index contributed by atoms with van der Waals surface area (Å²) in [5.41, 5.74) is 6.82. The van der Waals surface area contributed by atoms with Crippen molar-refractivity contribution in [3.05, 3.63) is 0 Å². The van der Waals surface area contributed by atoms with Gasteiger partial charge in [0.15, 0.2) is 0 Å². The van der Waals surface area contributed by atoms with Gasteiger partial charge in [0.1, 0.15) is 0 Å². The molecule has 2 bridgehead atoms. The van der Waals surface area contributed by atoms with E-state index in [4.69, 9.17) is 15.2 Å². The Kier molecular flexibility index (Phi) is 2.54. The molecule has 0 heterocycles. The lowest BCUT2D eigenvalue weighted by Gasteiger charge is -2.39. The number of hydrogen-bond acceptors (Lipinski definition) is 3. The molecule has 2 N–H and O–H groups in total. The van der Waals surface area contributed by atoms with E-state index in [1.54, 1.807) is 14.2 Å². The van der Waals surface area contributed by atoms with Crippen LogP contribution in [0.25, 0.3) is 0 Å². The molecule has 0 amide bonds. The number of hydrogen-bond donors (Lipinski definition) is 1. The molecule has 0 aromatic rings. The van der Waals surface area contributed by atoms with Gasteiger partial charge in [-0.05, 0) is 49.4 Å². The first-order chi connectivity index (χ1) is 7.71. The average Bonchev–Trinajstić information content (AvgIpc) is 2.97. The molecule has 3 aliphatic rings. The Morgan fingerprint density at radius 2 is 1.69 bits per heavy atom. The van der Waals surface area contributed by atoms with E-state index in [1.807, 2.05) is 0 Å². The van der Waals surface area contributed by atoms with Gasteiger partial charge < -0.3 is 15.2 Å². The van der Waals surface area contributed by atoms with Gasteiger partial charge in [-0.15, -0.1) is 0 Å². The van der Waals surface area contributed by atoms with E-state index in [0.29, 0.717) is 11.5 Å². The molecule has 1 spiro atoms. The molecule has 0 saturated heterocycles. The van der Waals surface area contributed by atoms with Crippen LogP contribution in [0.15, 0.2) is 0 Å². The lowest BCUT2D eigenvalue weighted by molar-refractivity contribution is -0.0157. The van der Waals surface area contributed by atoms with Gasteiger partial charge >= 0.3 is 0 Å². The van der Waals surface area contributed by atoms with Crippen LogP contribution in [0, 0.1) is 17.3 Å². The summed E-state index contributed by atoms with van der Waals surface area (Å²) in [6, 6.07) is 0.393. The standard InChI is InChI=1S/C13H23NO2/c1-15-10-6-13(7-11(10)16-2)9-4-3-8(5-9)12(13)14/h8-12H,3-7,14H2,1-2H3/t8?,9?,10-,11?,12-,13?/m0/s1. The van der Waals surface area contributed by atoms with Crippen molar-refractivity contribution in [2.24, 2.45) is 23.0 Å². The normalized spacial score (nSPS) is 55.3. The Hall–Kier alpha value is -0.120. The van der Waals surface area contributed by atoms with E-state index in [0.717, 1.165) is 24.7 Å². The Labute approximate surface area is 97.7 Å². The fraction of sp³-hybridized carbons (Fsp3) is 1.00. The van der Waals surface area contributed by atoms with Gasteiger partial charge in [0.25, 0.3) is 0 Å². The average molecular weight is 225 g/mol. The molecule has 92 valence electrons. The zero-order valence-electron chi connectivity index (χ0n) is 10.3. The van der Waals surface area contributed by atoms with Crippen molar-refractivity contribution in [1.29, 1.82) is 0 Å². The number of rotatable bonds is 2. The molecule has 3 rings (SSSR count). The predicted molar refractivity (Wildman–Crippen MR) is 62.1 cm³/mol. The quantitative estimate of drug-likeness (QED) is 0.775. The maximum absolute atomic E-state index is 6.48. The third-order valence-corrected chi connectivity index (χ3v) is 5.64. The molecular weight excluding hydrogens is 202 g/mol. The number of methoxy groups -OCH3 is 2. The van der Waals surface area contributed by atoms with Crippen molar-refractivity contribution in [3.8, 4) is 0 Å². The lowest BCUT2D eigenvalue weighted by atomic mass is 9.69. The minimum absolute atomic E-state index is 0.260. The van der Waals surface area contributed by atoms with E-state index in [9.17, 15) is 0 Å². The van der Waals surface area contributed by atoms with Crippen LogP contribution in [0.4, 0.5) is 0 Å². The van der Waals surface area contributed by atoms with Crippen LogP contribution >= 0.6 is 0 Å². The molecule has 0 aliphatic heterocycles. The molecule has 0 radical (unpaired) electrons. The van der Waals surface area contributed by atoms with E-state index < -0.39 is 0 Å². The van der Waals surface area contributed by atoms with Gasteiger partial charge in [-0.3, -0.25) is 0 Å². The summed E-state index contributed by atoms with van der Waals surface area (Å²) in [6.07, 6.45) is 6.84. The predicted octanol–water partition coefficient (Wildman–Crippen LogP) is 1.55. The highest BCUT2D eigenvalue weighted by molar-refractivity contribution is 5.13. The molecule has 3 aliphatic carbocycles. The van der Waals surface area contributed by atoms with E-state index in [2.05, 4.69) is 0 Å². The van der Waals surface area contributed by atoms with Crippen molar-refractivity contribution < 1.29 is 9.47 Å². The fourth-order valence-electron chi connectivity index (χ4n) is 4.78. The summed E-state index contributed by atoms with van der Waals surface area (Å²) in [6.45, 7) is 0. The molecule has 0 aromatic carbocycles. The monoisotopic (exact) mass is 225 g/mol. The first kappa shape index (κ1) is 11.0. The largest absolute Gasteiger partial charge is 0.379 e. The second-order valence-corrected chi connectivity index (χ2v) is 5.99. The molecule has 0 aromatic heterocycles. The minimum atomic E-state index is 0.260. The maximum Gasteiger partial charge on any atom is 0.0838 e. The maximum atomic E-state index is 6.48. The molecule has 6 atom stereocenters. The van der Waals surface area contributed by atoms with Gasteiger partial charge in [0, 0.05) is 20.3 Å². The van der Waals surface area contributed by atoms with Crippen LogP contribution in [0.3, 0.4) is 0 Å². The van der Waals surface area contributed by atoms with Gasteiger partial charge in [-0.25, -0.2) is 0 Å². The molecule has 3 saturated carbocycles. The Balaban J connectivity index is 1.85. The molecule has 3 fully saturated rings. The topological polar surface area (TPSA) is 44.5 Å². The van der Waals surface area contributed by atoms with Crippen LogP contribution in [0.5, 0.6) is 0 Å². The lowest BCUT2D eigenvalue weighted by Crippen LogP contribution is -2.45. The van der Waals surface area contributed by atoms with Gasteiger partial charge in [0.2, 0.25) is 0 Å². The van der Waals surface area contributed by atoms with Crippen molar-refractivity contribution >= 4 is 0 Å². The first-order valence-corrected chi connectivity index (χ1v) is 6.52. The Bertz CT molecular complexity index is 265. The summed E-state index contributed by atoms with van der Waals surface area (Å²) < 4.78 is 11.2. The molecule has 16 heavy (non-hydrogen) atoms. The molecule has 4 unspecified atom stereocenters. The van der Waals surface area contributed by atoms with Crippen LogP contribution in [-0.4, -0.2) is 32.5 Å². The van der Waals surface area contributed by atoms with Crippen molar-refractivity contribution in [3.63, 3.8) is 0 Å².